The normalized spacial score (nSPS) is 23.0. The topological polar surface area (TPSA) is 42.7 Å². The summed E-state index contributed by atoms with van der Waals surface area (Å²) in [6.07, 6.45) is 6.63. The van der Waals surface area contributed by atoms with Crippen LogP contribution in [0.5, 0.6) is 0 Å². The van der Waals surface area contributed by atoms with Gasteiger partial charge in [-0.3, -0.25) is 9.67 Å². The molecule has 2 atom stereocenters. The Morgan fingerprint density at radius 1 is 1.35 bits per heavy atom. The molecule has 0 spiro atoms. The average Bonchev–Trinajstić information content (AvgIpc) is 2.99. The summed E-state index contributed by atoms with van der Waals surface area (Å²) >= 11 is 6.10. The number of nitrogens with one attached hydrogen (secondary N) is 1. The SMILES string of the molecule is CCC1Cn2nc(C3=C(F)C=C(Cl)CC3C)c(-c3ccncc3)c2CN1. The summed E-state index contributed by atoms with van der Waals surface area (Å²) < 4.78 is 16.9. The lowest BCUT2D eigenvalue weighted by atomic mass is 9.87. The summed E-state index contributed by atoms with van der Waals surface area (Å²) in [7, 11) is 0. The lowest BCUT2D eigenvalue weighted by molar-refractivity contribution is 0.361. The Kier molecular flexibility index (Phi) is 4.67. The van der Waals surface area contributed by atoms with Crippen LogP contribution in [-0.2, 0) is 13.1 Å². The van der Waals surface area contributed by atoms with Crippen molar-refractivity contribution in [3.05, 3.63) is 52.8 Å². The van der Waals surface area contributed by atoms with Crippen LogP contribution in [0.2, 0.25) is 0 Å². The Labute approximate surface area is 157 Å². The van der Waals surface area contributed by atoms with Gasteiger partial charge in [0.15, 0.2) is 0 Å². The van der Waals surface area contributed by atoms with Crippen LogP contribution < -0.4 is 5.32 Å². The summed E-state index contributed by atoms with van der Waals surface area (Å²) in [4.78, 5) is 4.12. The van der Waals surface area contributed by atoms with Crippen LogP contribution in [0.15, 0.2) is 41.5 Å². The van der Waals surface area contributed by atoms with Crippen molar-refractivity contribution in [1.82, 2.24) is 20.1 Å². The zero-order chi connectivity index (χ0) is 18.3. The fourth-order valence-electron chi connectivity index (χ4n) is 3.88. The second kappa shape index (κ2) is 6.97. The van der Waals surface area contributed by atoms with E-state index in [0.717, 1.165) is 42.0 Å². The molecule has 0 fully saturated rings. The largest absolute Gasteiger partial charge is 0.307 e. The van der Waals surface area contributed by atoms with E-state index >= 15 is 0 Å². The Morgan fingerprint density at radius 3 is 2.81 bits per heavy atom. The number of pyridine rings is 1. The van der Waals surface area contributed by atoms with Gasteiger partial charge in [-0.05, 0) is 42.5 Å². The van der Waals surface area contributed by atoms with Crippen LogP contribution in [0.3, 0.4) is 0 Å². The molecule has 4 rings (SSSR count). The van der Waals surface area contributed by atoms with Crippen molar-refractivity contribution < 1.29 is 4.39 Å². The van der Waals surface area contributed by atoms with Crippen molar-refractivity contribution in [2.75, 3.05) is 0 Å². The first kappa shape index (κ1) is 17.4. The van der Waals surface area contributed by atoms with Gasteiger partial charge in [-0.2, -0.15) is 5.10 Å². The Morgan fingerprint density at radius 2 is 2.12 bits per heavy atom. The van der Waals surface area contributed by atoms with Crippen LogP contribution in [-0.4, -0.2) is 20.8 Å². The third kappa shape index (κ3) is 2.99. The smallest absolute Gasteiger partial charge is 0.130 e. The molecule has 2 unspecified atom stereocenters. The molecule has 0 radical (unpaired) electrons. The van der Waals surface area contributed by atoms with E-state index in [9.17, 15) is 4.39 Å². The zero-order valence-electron chi connectivity index (χ0n) is 15.0. The molecule has 136 valence electrons. The molecule has 0 aromatic carbocycles. The molecular weight excluding hydrogens is 351 g/mol. The average molecular weight is 373 g/mol. The quantitative estimate of drug-likeness (QED) is 0.851. The van der Waals surface area contributed by atoms with Gasteiger partial charge in [0.05, 0.1) is 17.9 Å². The molecule has 0 amide bonds. The fourth-order valence-corrected chi connectivity index (χ4v) is 4.20. The predicted molar refractivity (Wildman–Crippen MR) is 102 cm³/mol. The van der Waals surface area contributed by atoms with Crippen LogP contribution in [0.25, 0.3) is 16.7 Å². The fraction of sp³-hybridized carbons (Fsp3) is 0.400. The number of allylic oxidation sites excluding steroid dienone is 4. The van der Waals surface area contributed by atoms with Crippen molar-refractivity contribution in [2.24, 2.45) is 5.92 Å². The van der Waals surface area contributed by atoms with Crippen LogP contribution in [0, 0.1) is 5.92 Å². The maximum Gasteiger partial charge on any atom is 0.130 e. The summed E-state index contributed by atoms with van der Waals surface area (Å²) in [5, 5.41) is 8.98. The van der Waals surface area contributed by atoms with Crippen molar-refractivity contribution in [1.29, 1.82) is 0 Å². The number of aromatic nitrogens is 3. The second-order valence-corrected chi connectivity index (χ2v) is 7.52. The van der Waals surface area contributed by atoms with Gasteiger partial charge in [0.1, 0.15) is 5.83 Å². The number of halogens is 2. The van der Waals surface area contributed by atoms with Crippen LogP contribution in [0.1, 0.15) is 38.1 Å². The molecule has 2 aliphatic rings. The van der Waals surface area contributed by atoms with Gasteiger partial charge in [0, 0.05) is 41.1 Å². The highest BCUT2D eigenvalue weighted by Gasteiger charge is 2.31. The lowest BCUT2D eigenvalue weighted by Crippen LogP contribution is -2.38. The highest BCUT2D eigenvalue weighted by Crippen LogP contribution is 2.42. The summed E-state index contributed by atoms with van der Waals surface area (Å²) in [5.74, 6) is -0.292. The molecule has 0 saturated carbocycles. The van der Waals surface area contributed by atoms with E-state index in [0.29, 0.717) is 23.1 Å². The summed E-state index contributed by atoms with van der Waals surface area (Å²) in [6.45, 7) is 5.69. The maximum absolute atomic E-state index is 14.9. The highest BCUT2D eigenvalue weighted by molar-refractivity contribution is 6.30. The molecular formula is C20H22ClFN4. The highest BCUT2D eigenvalue weighted by atomic mass is 35.5. The van der Waals surface area contributed by atoms with E-state index in [4.69, 9.17) is 16.7 Å². The monoisotopic (exact) mass is 372 g/mol. The van der Waals surface area contributed by atoms with E-state index in [1.54, 1.807) is 12.4 Å². The molecule has 3 heterocycles. The van der Waals surface area contributed by atoms with Crippen LogP contribution >= 0.6 is 11.6 Å². The van der Waals surface area contributed by atoms with Gasteiger partial charge in [-0.15, -0.1) is 0 Å². The molecule has 2 aromatic rings. The Hall–Kier alpha value is -1.98. The van der Waals surface area contributed by atoms with Gasteiger partial charge in [-0.25, -0.2) is 4.39 Å². The van der Waals surface area contributed by atoms with Crippen molar-refractivity contribution in [2.45, 2.75) is 45.8 Å². The van der Waals surface area contributed by atoms with E-state index in [1.165, 1.54) is 6.08 Å². The lowest BCUT2D eigenvalue weighted by Gasteiger charge is -2.24. The minimum atomic E-state index is -0.278. The Balaban J connectivity index is 1.92. The standard InChI is InChI=1S/C20H22ClFN4/c1-3-15-11-26-17(10-24-15)19(13-4-6-23-7-5-13)20(25-26)18-12(2)8-14(21)9-16(18)22/h4-7,9,12,15,24H,3,8,10-11H2,1-2H3. The molecule has 4 nitrogen and oxygen atoms in total. The molecule has 1 aliphatic heterocycles. The number of rotatable bonds is 3. The van der Waals surface area contributed by atoms with Crippen LogP contribution in [0.4, 0.5) is 4.39 Å². The van der Waals surface area contributed by atoms with Gasteiger partial charge >= 0.3 is 0 Å². The molecule has 1 N–H and O–H groups in total. The van der Waals surface area contributed by atoms with E-state index in [-0.39, 0.29) is 11.7 Å². The predicted octanol–water partition coefficient (Wildman–Crippen LogP) is 4.67. The van der Waals surface area contributed by atoms with Crippen molar-refractivity contribution in [3.8, 4) is 11.1 Å². The van der Waals surface area contributed by atoms with Crippen molar-refractivity contribution in [3.63, 3.8) is 0 Å². The maximum atomic E-state index is 14.9. The molecule has 1 aliphatic carbocycles. The third-order valence-corrected chi connectivity index (χ3v) is 5.52. The molecule has 0 bridgehead atoms. The zero-order valence-corrected chi connectivity index (χ0v) is 15.7. The molecule has 26 heavy (non-hydrogen) atoms. The second-order valence-electron chi connectivity index (χ2n) is 7.03. The van der Waals surface area contributed by atoms with E-state index in [1.807, 2.05) is 23.7 Å². The number of fused-ring (bicyclic) bond motifs is 1. The van der Waals surface area contributed by atoms with Gasteiger partial charge < -0.3 is 5.32 Å². The van der Waals surface area contributed by atoms with E-state index in [2.05, 4.69) is 17.2 Å². The van der Waals surface area contributed by atoms with Gasteiger partial charge in [0.25, 0.3) is 0 Å². The number of hydrogen-bond donors (Lipinski definition) is 1. The third-order valence-electron chi connectivity index (χ3n) is 5.26. The molecule has 0 saturated heterocycles. The molecule has 2 aromatic heterocycles. The Bertz CT molecular complexity index is 885. The van der Waals surface area contributed by atoms with Gasteiger partial charge in [-0.1, -0.05) is 25.4 Å². The number of hydrogen-bond acceptors (Lipinski definition) is 3. The summed E-state index contributed by atoms with van der Waals surface area (Å²) in [5.41, 5.74) is 4.49. The minimum absolute atomic E-state index is 0.0139. The van der Waals surface area contributed by atoms with Gasteiger partial charge in [0.2, 0.25) is 0 Å². The first-order valence-corrected chi connectivity index (χ1v) is 9.45. The first-order valence-electron chi connectivity index (χ1n) is 9.08. The van der Waals surface area contributed by atoms with E-state index < -0.39 is 0 Å². The first-order chi connectivity index (χ1) is 12.6. The molecule has 6 heteroatoms. The number of nitrogens with zero attached hydrogens (tertiary/aromatic N) is 3. The minimum Gasteiger partial charge on any atom is -0.307 e. The summed E-state index contributed by atoms with van der Waals surface area (Å²) in [6, 6.07) is 4.31. The van der Waals surface area contributed by atoms with Crippen molar-refractivity contribution >= 4 is 17.2 Å².